The van der Waals surface area contributed by atoms with Gasteiger partial charge in [-0.05, 0) is 24.0 Å². The molecule has 0 spiro atoms. The molecule has 0 bridgehead atoms. The fourth-order valence-corrected chi connectivity index (χ4v) is 3.44. The van der Waals surface area contributed by atoms with Gasteiger partial charge in [0, 0.05) is 18.1 Å². The molecule has 4 nitrogen and oxygen atoms in total. The van der Waals surface area contributed by atoms with Crippen LogP contribution in [0.3, 0.4) is 0 Å². The summed E-state index contributed by atoms with van der Waals surface area (Å²) in [6.07, 6.45) is -3.95. The minimum Gasteiger partial charge on any atom is -0.511 e. The van der Waals surface area contributed by atoms with E-state index in [0.29, 0.717) is 19.1 Å². The lowest BCUT2D eigenvalue weighted by molar-refractivity contribution is -0.169. The van der Waals surface area contributed by atoms with Crippen molar-refractivity contribution in [2.24, 2.45) is 16.8 Å². The summed E-state index contributed by atoms with van der Waals surface area (Å²) >= 11 is 0. The van der Waals surface area contributed by atoms with Gasteiger partial charge in [-0.2, -0.15) is 13.2 Å². The number of benzene rings is 2. The zero-order chi connectivity index (χ0) is 21.0. The van der Waals surface area contributed by atoms with E-state index < -0.39 is 29.7 Å². The Morgan fingerprint density at radius 1 is 0.931 bits per heavy atom. The van der Waals surface area contributed by atoms with Gasteiger partial charge in [0.25, 0.3) is 0 Å². The standard InChI is InChI=1S/C22H18F3NO3/c23-22(24,25)21(29)26-13-18-19(27)16(11-14-7-3-1-4-8-14)17(20(18)28)12-15-9-5-2-6-10-15/h1-10,13,16-17,27H,11-12H2. The second kappa shape index (κ2) is 8.43. The van der Waals surface area contributed by atoms with Crippen molar-refractivity contribution in [1.82, 2.24) is 0 Å². The Morgan fingerprint density at radius 3 is 1.90 bits per heavy atom. The van der Waals surface area contributed by atoms with Crippen LogP contribution < -0.4 is 0 Å². The van der Waals surface area contributed by atoms with E-state index >= 15 is 0 Å². The number of rotatable bonds is 5. The first-order valence-corrected chi connectivity index (χ1v) is 8.97. The molecule has 7 heteroatoms. The SMILES string of the molecule is O=C1C(C=NC(=O)C(F)(F)F)=C(O)C(Cc2ccccc2)C1Cc1ccccc1. The van der Waals surface area contributed by atoms with Crippen LogP contribution in [0.25, 0.3) is 0 Å². The smallest absolute Gasteiger partial charge is 0.473 e. The van der Waals surface area contributed by atoms with E-state index in [-0.39, 0.29) is 11.3 Å². The lowest BCUT2D eigenvalue weighted by Crippen LogP contribution is -2.23. The molecular weight excluding hydrogens is 383 g/mol. The number of amides is 1. The van der Waals surface area contributed by atoms with E-state index in [1.54, 1.807) is 0 Å². The lowest BCUT2D eigenvalue weighted by atomic mass is 9.84. The predicted octanol–water partition coefficient (Wildman–Crippen LogP) is 4.26. The first kappa shape index (κ1) is 20.5. The van der Waals surface area contributed by atoms with E-state index in [1.807, 2.05) is 60.7 Å². The second-order valence-electron chi connectivity index (χ2n) is 6.82. The molecule has 2 unspecified atom stereocenters. The van der Waals surface area contributed by atoms with E-state index in [1.165, 1.54) is 0 Å². The number of halogens is 3. The number of alkyl halides is 3. The zero-order valence-electron chi connectivity index (χ0n) is 15.3. The maximum Gasteiger partial charge on any atom is 0.473 e. The first-order valence-electron chi connectivity index (χ1n) is 8.97. The van der Waals surface area contributed by atoms with Crippen LogP contribution in [0.1, 0.15) is 11.1 Å². The van der Waals surface area contributed by atoms with Gasteiger partial charge in [-0.15, -0.1) is 0 Å². The molecule has 1 amide bonds. The molecule has 2 atom stereocenters. The Labute approximate surface area is 165 Å². The van der Waals surface area contributed by atoms with Crippen molar-refractivity contribution in [3.8, 4) is 0 Å². The van der Waals surface area contributed by atoms with Gasteiger partial charge in [0.2, 0.25) is 0 Å². The van der Waals surface area contributed by atoms with Crippen LogP contribution in [0.15, 0.2) is 77.0 Å². The van der Waals surface area contributed by atoms with Gasteiger partial charge in [0.15, 0.2) is 5.78 Å². The number of Topliss-reactive ketones (excluding diaryl/α,β-unsaturated/α-hetero) is 1. The van der Waals surface area contributed by atoms with Crippen LogP contribution in [0, 0.1) is 11.8 Å². The monoisotopic (exact) mass is 401 g/mol. The number of aliphatic imine (C=N–C) groups is 1. The molecule has 2 aromatic carbocycles. The topological polar surface area (TPSA) is 66.7 Å². The molecule has 0 aliphatic heterocycles. The summed E-state index contributed by atoms with van der Waals surface area (Å²) in [6, 6.07) is 18.3. The molecule has 0 aromatic heterocycles. The summed E-state index contributed by atoms with van der Waals surface area (Å²) in [5, 5.41) is 10.6. The van der Waals surface area contributed by atoms with E-state index in [0.717, 1.165) is 11.1 Å². The molecule has 0 saturated heterocycles. The van der Waals surface area contributed by atoms with Crippen LogP contribution in [-0.4, -0.2) is 29.2 Å². The average molecular weight is 401 g/mol. The fraction of sp³-hybridized carbons (Fsp3) is 0.227. The van der Waals surface area contributed by atoms with Crippen molar-refractivity contribution in [2.45, 2.75) is 19.0 Å². The number of carbonyl (C=O) groups is 2. The van der Waals surface area contributed by atoms with Crippen LogP contribution in [-0.2, 0) is 22.4 Å². The highest BCUT2D eigenvalue weighted by molar-refractivity contribution is 6.18. The van der Waals surface area contributed by atoms with Crippen LogP contribution >= 0.6 is 0 Å². The summed E-state index contributed by atoms with van der Waals surface area (Å²) in [5.41, 5.74) is 1.39. The van der Waals surface area contributed by atoms with E-state index in [9.17, 15) is 27.9 Å². The summed E-state index contributed by atoms with van der Waals surface area (Å²) < 4.78 is 37.3. The maximum absolute atomic E-state index is 12.9. The molecule has 0 fully saturated rings. The third-order valence-corrected chi connectivity index (χ3v) is 4.87. The number of nitrogens with zero attached hydrogens (tertiary/aromatic N) is 1. The van der Waals surface area contributed by atoms with Crippen LogP contribution in [0.4, 0.5) is 13.2 Å². The third kappa shape index (κ3) is 4.80. The van der Waals surface area contributed by atoms with Gasteiger partial charge in [0.1, 0.15) is 5.76 Å². The highest BCUT2D eigenvalue weighted by Crippen LogP contribution is 2.37. The van der Waals surface area contributed by atoms with Crippen LogP contribution in [0.2, 0.25) is 0 Å². The minimum absolute atomic E-state index is 0.311. The van der Waals surface area contributed by atoms with E-state index in [2.05, 4.69) is 4.99 Å². The van der Waals surface area contributed by atoms with Crippen molar-refractivity contribution < 1.29 is 27.9 Å². The molecule has 2 aromatic rings. The molecule has 1 aliphatic rings. The number of carbonyl (C=O) groups excluding carboxylic acids is 2. The number of hydrogen-bond donors (Lipinski definition) is 1. The third-order valence-electron chi connectivity index (χ3n) is 4.87. The molecule has 0 saturated carbocycles. The summed E-state index contributed by atoms with van der Waals surface area (Å²) in [7, 11) is 0. The molecule has 29 heavy (non-hydrogen) atoms. The maximum atomic E-state index is 12.9. The van der Waals surface area contributed by atoms with Crippen molar-refractivity contribution in [2.75, 3.05) is 0 Å². The molecule has 1 N–H and O–H groups in total. The summed E-state index contributed by atoms with van der Waals surface area (Å²) in [5.74, 6) is -4.46. The highest BCUT2D eigenvalue weighted by atomic mass is 19.4. The fourth-order valence-electron chi connectivity index (χ4n) is 3.44. The Balaban J connectivity index is 1.92. The van der Waals surface area contributed by atoms with E-state index in [4.69, 9.17) is 0 Å². The molecule has 0 heterocycles. The summed E-state index contributed by atoms with van der Waals surface area (Å²) in [4.78, 5) is 26.8. The molecule has 0 radical (unpaired) electrons. The quantitative estimate of drug-likeness (QED) is 0.762. The van der Waals surface area contributed by atoms with Gasteiger partial charge in [-0.1, -0.05) is 60.7 Å². The van der Waals surface area contributed by atoms with Crippen molar-refractivity contribution in [3.05, 3.63) is 83.1 Å². The number of aliphatic hydroxyl groups is 1. The van der Waals surface area contributed by atoms with Crippen molar-refractivity contribution >= 4 is 17.9 Å². The molecule has 3 rings (SSSR count). The Morgan fingerprint density at radius 2 is 1.41 bits per heavy atom. The van der Waals surface area contributed by atoms with Gasteiger partial charge >= 0.3 is 12.1 Å². The lowest BCUT2D eigenvalue weighted by Gasteiger charge is -2.19. The van der Waals surface area contributed by atoms with Gasteiger partial charge in [0.05, 0.1) is 5.57 Å². The first-order chi connectivity index (χ1) is 13.8. The van der Waals surface area contributed by atoms with Crippen LogP contribution in [0.5, 0.6) is 0 Å². The van der Waals surface area contributed by atoms with Crippen molar-refractivity contribution in [3.63, 3.8) is 0 Å². The number of hydrogen-bond acceptors (Lipinski definition) is 3. The molecular formula is C22H18F3NO3. The molecule has 1 aliphatic carbocycles. The number of allylic oxidation sites excluding steroid dienone is 2. The predicted molar refractivity (Wildman–Crippen MR) is 101 cm³/mol. The normalized spacial score (nSPS) is 19.9. The minimum atomic E-state index is -5.14. The summed E-state index contributed by atoms with van der Waals surface area (Å²) in [6.45, 7) is 0. The Bertz CT molecular complexity index is 950. The van der Waals surface area contributed by atoms with Crippen molar-refractivity contribution in [1.29, 1.82) is 0 Å². The van der Waals surface area contributed by atoms with Gasteiger partial charge in [-0.25, -0.2) is 4.99 Å². The zero-order valence-corrected chi connectivity index (χ0v) is 15.3. The van der Waals surface area contributed by atoms with Gasteiger partial charge < -0.3 is 5.11 Å². The second-order valence-corrected chi connectivity index (χ2v) is 6.82. The Kier molecular flexibility index (Phi) is 5.96. The Hall–Kier alpha value is -3.22. The number of aliphatic hydroxyl groups excluding tert-OH is 1. The number of ketones is 1. The average Bonchev–Trinajstić information content (AvgIpc) is 2.91. The van der Waals surface area contributed by atoms with Gasteiger partial charge in [-0.3, -0.25) is 9.59 Å². The largest absolute Gasteiger partial charge is 0.511 e. The molecule has 150 valence electrons. The highest BCUT2D eigenvalue weighted by Gasteiger charge is 2.42.